The Hall–Kier alpha value is -1.75. The first kappa shape index (κ1) is 15.6. The van der Waals surface area contributed by atoms with Gasteiger partial charge in [0.1, 0.15) is 17.1 Å². The van der Waals surface area contributed by atoms with Crippen LogP contribution in [0.2, 0.25) is 0 Å². The van der Waals surface area contributed by atoms with Gasteiger partial charge in [0.2, 0.25) is 0 Å². The predicted octanol–water partition coefficient (Wildman–Crippen LogP) is 1.96. The summed E-state index contributed by atoms with van der Waals surface area (Å²) in [7, 11) is 3.11. The van der Waals surface area contributed by atoms with Gasteiger partial charge >= 0.3 is 0 Å². The third-order valence-electron chi connectivity index (χ3n) is 3.97. The van der Waals surface area contributed by atoms with Gasteiger partial charge in [-0.3, -0.25) is 4.79 Å². The SMILES string of the molecule is COc1cccc(OC)c1C(=O)NC(C)C1CCCCN1. The molecule has 1 aliphatic rings. The lowest BCUT2D eigenvalue weighted by molar-refractivity contribution is 0.0921. The summed E-state index contributed by atoms with van der Waals surface area (Å²) in [5.41, 5.74) is 0.449. The Morgan fingerprint density at radius 1 is 1.29 bits per heavy atom. The number of ether oxygens (including phenoxy) is 2. The number of carbonyl (C=O) groups is 1. The van der Waals surface area contributed by atoms with E-state index in [0.717, 1.165) is 13.0 Å². The lowest BCUT2D eigenvalue weighted by Crippen LogP contribution is -2.50. The lowest BCUT2D eigenvalue weighted by atomic mass is 9.98. The van der Waals surface area contributed by atoms with Crippen molar-refractivity contribution in [3.8, 4) is 11.5 Å². The minimum Gasteiger partial charge on any atom is -0.496 e. The number of nitrogens with one attached hydrogen (secondary N) is 2. The summed E-state index contributed by atoms with van der Waals surface area (Å²) in [5.74, 6) is 0.885. The van der Waals surface area contributed by atoms with Crippen LogP contribution in [0.25, 0.3) is 0 Å². The molecule has 5 heteroatoms. The highest BCUT2D eigenvalue weighted by Gasteiger charge is 2.24. The van der Waals surface area contributed by atoms with E-state index < -0.39 is 0 Å². The van der Waals surface area contributed by atoms with Crippen LogP contribution in [0, 0.1) is 0 Å². The molecule has 21 heavy (non-hydrogen) atoms. The molecule has 0 radical (unpaired) electrons. The maximum Gasteiger partial charge on any atom is 0.259 e. The highest BCUT2D eigenvalue weighted by atomic mass is 16.5. The summed E-state index contributed by atoms with van der Waals surface area (Å²) < 4.78 is 10.6. The van der Waals surface area contributed by atoms with Gasteiger partial charge in [-0.05, 0) is 38.4 Å². The Kier molecular flexibility index (Phi) is 5.44. The van der Waals surface area contributed by atoms with Crippen LogP contribution in [0.15, 0.2) is 18.2 Å². The van der Waals surface area contributed by atoms with E-state index in [0.29, 0.717) is 23.1 Å². The largest absolute Gasteiger partial charge is 0.496 e. The molecule has 0 aromatic heterocycles. The molecule has 1 heterocycles. The predicted molar refractivity (Wildman–Crippen MR) is 82.1 cm³/mol. The number of carbonyl (C=O) groups excluding carboxylic acids is 1. The Morgan fingerprint density at radius 2 is 1.95 bits per heavy atom. The number of amides is 1. The summed E-state index contributed by atoms with van der Waals surface area (Å²) in [6.45, 7) is 3.05. The molecule has 1 saturated heterocycles. The Morgan fingerprint density at radius 3 is 2.48 bits per heavy atom. The van der Waals surface area contributed by atoms with Crippen LogP contribution >= 0.6 is 0 Å². The standard InChI is InChI=1S/C16H24N2O3/c1-11(12-7-4-5-10-17-12)18-16(19)15-13(20-2)8-6-9-14(15)21-3/h6,8-9,11-12,17H,4-5,7,10H2,1-3H3,(H,18,19). The molecule has 2 rings (SSSR count). The van der Waals surface area contributed by atoms with Gasteiger partial charge < -0.3 is 20.1 Å². The molecule has 1 fully saturated rings. The molecule has 1 aromatic carbocycles. The van der Waals surface area contributed by atoms with Crippen molar-refractivity contribution in [1.82, 2.24) is 10.6 Å². The van der Waals surface area contributed by atoms with Crippen molar-refractivity contribution in [1.29, 1.82) is 0 Å². The van der Waals surface area contributed by atoms with Gasteiger partial charge in [-0.25, -0.2) is 0 Å². The summed E-state index contributed by atoms with van der Waals surface area (Å²) in [4.78, 5) is 12.6. The third kappa shape index (κ3) is 3.67. The second kappa shape index (κ2) is 7.31. The van der Waals surface area contributed by atoms with Crippen molar-refractivity contribution < 1.29 is 14.3 Å². The van der Waals surface area contributed by atoms with Crippen molar-refractivity contribution in [2.24, 2.45) is 0 Å². The summed E-state index contributed by atoms with van der Waals surface area (Å²) in [5, 5.41) is 6.51. The maximum absolute atomic E-state index is 12.6. The van der Waals surface area contributed by atoms with E-state index in [9.17, 15) is 4.79 Å². The zero-order valence-electron chi connectivity index (χ0n) is 12.9. The number of hydrogen-bond donors (Lipinski definition) is 2. The van der Waals surface area contributed by atoms with Crippen molar-refractivity contribution in [3.05, 3.63) is 23.8 Å². The van der Waals surface area contributed by atoms with E-state index >= 15 is 0 Å². The Bertz CT molecular complexity index is 462. The van der Waals surface area contributed by atoms with Crippen molar-refractivity contribution in [3.63, 3.8) is 0 Å². The number of hydrogen-bond acceptors (Lipinski definition) is 4. The topological polar surface area (TPSA) is 59.6 Å². The van der Waals surface area contributed by atoms with Gasteiger partial charge in [-0.2, -0.15) is 0 Å². The number of benzene rings is 1. The van der Waals surface area contributed by atoms with Crippen LogP contribution in [-0.2, 0) is 0 Å². The zero-order valence-corrected chi connectivity index (χ0v) is 12.9. The molecule has 2 N–H and O–H groups in total. The fourth-order valence-electron chi connectivity index (χ4n) is 2.76. The maximum atomic E-state index is 12.6. The molecule has 1 aromatic rings. The molecule has 0 saturated carbocycles. The number of methoxy groups -OCH3 is 2. The molecule has 116 valence electrons. The van der Waals surface area contributed by atoms with Crippen LogP contribution < -0.4 is 20.1 Å². The van der Waals surface area contributed by atoms with Crippen LogP contribution in [0.1, 0.15) is 36.5 Å². The molecule has 0 spiro atoms. The van der Waals surface area contributed by atoms with Crippen LogP contribution in [0.5, 0.6) is 11.5 Å². The van der Waals surface area contributed by atoms with Gasteiger partial charge in [0.05, 0.1) is 14.2 Å². The monoisotopic (exact) mass is 292 g/mol. The van der Waals surface area contributed by atoms with E-state index in [2.05, 4.69) is 10.6 Å². The van der Waals surface area contributed by atoms with Gasteiger partial charge in [-0.15, -0.1) is 0 Å². The molecule has 5 nitrogen and oxygen atoms in total. The van der Waals surface area contributed by atoms with Crippen molar-refractivity contribution >= 4 is 5.91 Å². The molecule has 1 aliphatic heterocycles. The normalized spacial score (nSPS) is 19.7. The zero-order chi connectivity index (χ0) is 15.2. The Balaban J connectivity index is 2.12. The Labute approximate surface area is 126 Å². The van der Waals surface area contributed by atoms with Crippen molar-refractivity contribution in [2.45, 2.75) is 38.3 Å². The van der Waals surface area contributed by atoms with E-state index in [1.807, 2.05) is 6.92 Å². The van der Waals surface area contributed by atoms with E-state index in [-0.39, 0.29) is 11.9 Å². The smallest absolute Gasteiger partial charge is 0.259 e. The lowest BCUT2D eigenvalue weighted by Gasteiger charge is -2.29. The number of rotatable bonds is 5. The summed E-state index contributed by atoms with van der Waals surface area (Å²) >= 11 is 0. The highest BCUT2D eigenvalue weighted by Crippen LogP contribution is 2.28. The molecule has 2 unspecified atom stereocenters. The van der Waals surface area contributed by atoms with Gasteiger partial charge in [0.25, 0.3) is 5.91 Å². The molecule has 0 aliphatic carbocycles. The molecular formula is C16H24N2O3. The second-order valence-electron chi connectivity index (χ2n) is 5.36. The minimum absolute atomic E-state index is 0.0624. The van der Waals surface area contributed by atoms with E-state index in [4.69, 9.17) is 9.47 Å². The fraction of sp³-hybridized carbons (Fsp3) is 0.562. The molecule has 2 atom stereocenters. The van der Waals surface area contributed by atoms with Gasteiger partial charge in [0, 0.05) is 12.1 Å². The summed E-state index contributed by atoms with van der Waals surface area (Å²) in [6, 6.07) is 5.72. The van der Waals surface area contributed by atoms with Crippen LogP contribution in [0.4, 0.5) is 0 Å². The second-order valence-corrected chi connectivity index (χ2v) is 5.36. The minimum atomic E-state index is -0.163. The van der Waals surface area contributed by atoms with Gasteiger partial charge in [0.15, 0.2) is 0 Å². The van der Waals surface area contributed by atoms with Gasteiger partial charge in [-0.1, -0.05) is 12.5 Å². The molecule has 0 bridgehead atoms. The average molecular weight is 292 g/mol. The fourth-order valence-corrected chi connectivity index (χ4v) is 2.76. The first-order chi connectivity index (χ1) is 10.2. The summed E-state index contributed by atoms with van der Waals surface area (Å²) in [6.07, 6.45) is 3.50. The van der Waals surface area contributed by atoms with E-state index in [1.165, 1.54) is 12.8 Å². The third-order valence-corrected chi connectivity index (χ3v) is 3.97. The molecular weight excluding hydrogens is 268 g/mol. The highest BCUT2D eigenvalue weighted by molar-refractivity contribution is 5.99. The first-order valence-corrected chi connectivity index (χ1v) is 7.42. The van der Waals surface area contributed by atoms with E-state index in [1.54, 1.807) is 32.4 Å². The molecule has 1 amide bonds. The first-order valence-electron chi connectivity index (χ1n) is 7.42. The van der Waals surface area contributed by atoms with Crippen LogP contribution in [-0.4, -0.2) is 38.8 Å². The number of piperidine rings is 1. The van der Waals surface area contributed by atoms with Crippen molar-refractivity contribution in [2.75, 3.05) is 20.8 Å². The average Bonchev–Trinajstić information content (AvgIpc) is 2.54. The van der Waals surface area contributed by atoms with Crippen LogP contribution in [0.3, 0.4) is 0 Å². The quantitative estimate of drug-likeness (QED) is 0.871.